The summed E-state index contributed by atoms with van der Waals surface area (Å²) in [5.41, 5.74) is 0. The predicted octanol–water partition coefficient (Wildman–Crippen LogP) is -0.189. The van der Waals surface area contributed by atoms with Crippen molar-refractivity contribution in [2.24, 2.45) is 5.92 Å². The number of carbonyl (C=O) groups excluding carboxylic acids is 1. The molecule has 1 rings (SSSR count). The molecule has 1 aliphatic rings. The lowest BCUT2D eigenvalue weighted by Crippen LogP contribution is -2.43. The van der Waals surface area contributed by atoms with E-state index in [1.54, 1.807) is 6.92 Å². The van der Waals surface area contributed by atoms with Crippen molar-refractivity contribution in [2.75, 3.05) is 39.0 Å². The van der Waals surface area contributed by atoms with E-state index in [0.29, 0.717) is 26.2 Å². The third-order valence-electron chi connectivity index (χ3n) is 2.96. The zero-order valence-corrected chi connectivity index (χ0v) is 11.8. The van der Waals surface area contributed by atoms with Gasteiger partial charge in [0.25, 0.3) is 0 Å². The molecule has 0 aliphatic carbocycles. The third-order valence-corrected chi connectivity index (χ3v) is 4.23. The molecule has 0 bridgehead atoms. The Kier molecular flexibility index (Phi) is 6.04. The molecule has 1 heterocycles. The first-order chi connectivity index (χ1) is 8.43. The Balaban J connectivity index is 2.29. The van der Waals surface area contributed by atoms with E-state index in [2.05, 4.69) is 5.32 Å². The SMILES string of the molecule is CCOC(=O)CNCC1CCCN(S(C)(=O)=O)C1. The first kappa shape index (κ1) is 15.4. The molecule has 0 aromatic rings. The maximum absolute atomic E-state index is 11.4. The van der Waals surface area contributed by atoms with Crippen molar-refractivity contribution in [1.29, 1.82) is 0 Å². The van der Waals surface area contributed by atoms with Crippen LogP contribution in [-0.2, 0) is 19.6 Å². The minimum atomic E-state index is -3.09. The van der Waals surface area contributed by atoms with Crippen molar-refractivity contribution >= 4 is 16.0 Å². The van der Waals surface area contributed by atoms with Crippen molar-refractivity contribution in [3.63, 3.8) is 0 Å². The molecule has 0 aromatic carbocycles. The number of esters is 1. The number of ether oxygens (including phenoxy) is 1. The second kappa shape index (κ2) is 7.06. The van der Waals surface area contributed by atoms with Crippen LogP contribution >= 0.6 is 0 Å². The standard InChI is InChI=1S/C11H22N2O4S/c1-3-17-11(14)8-12-7-10-5-4-6-13(9-10)18(2,15)16/h10,12H,3-9H2,1-2H3. The Morgan fingerprint density at radius 3 is 2.83 bits per heavy atom. The number of hydrogen-bond donors (Lipinski definition) is 1. The van der Waals surface area contributed by atoms with Crippen molar-refractivity contribution in [1.82, 2.24) is 9.62 Å². The zero-order chi connectivity index (χ0) is 13.6. The first-order valence-corrected chi connectivity index (χ1v) is 8.09. The number of carbonyl (C=O) groups is 1. The van der Waals surface area contributed by atoms with Crippen LogP contribution in [-0.4, -0.2) is 57.7 Å². The summed E-state index contributed by atoms with van der Waals surface area (Å²) >= 11 is 0. The quantitative estimate of drug-likeness (QED) is 0.682. The summed E-state index contributed by atoms with van der Waals surface area (Å²) in [6, 6.07) is 0. The van der Waals surface area contributed by atoms with E-state index >= 15 is 0 Å². The lowest BCUT2D eigenvalue weighted by Gasteiger charge is -2.30. The number of nitrogens with one attached hydrogen (secondary N) is 1. The van der Waals surface area contributed by atoms with Crippen LogP contribution in [0.1, 0.15) is 19.8 Å². The minimum absolute atomic E-state index is 0.184. The Bertz CT molecular complexity index is 369. The molecule has 7 heteroatoms. The summed E-state index contributed by atoms with van der Waals surface area (Å²) in [6.45, 7) is 4.12. The fraction of sp³-hybridized carbons (Fsp3) is 0.909. The van der Waals surface area contributed by atoms with E-state index in [1.807, 2.05) is 0 Å². The van der Waals surface area contributed by atoms with Gasteiger partial charge < -0.3 is 10.1 Å². The van der Waals surface area contributed by atoms with Crippen LogP contribution < -0.4 is 5.32 Å². The van der Waals surface area contributed by atoms with E-state index in [9.17, 15) is 13.2 Å². The Morgan fingerprint density at radius 2 is 2.22 bits per heavy atom. The summed E-state index contributed by atoms with van der Waals surface area (Å²) in [6.07, 6.45) is 3.10. The van der Waals surface area contributed by atoms with Gasteiger partial charge in [0.05, 0.1) is 19.4 Å². The molecule has 1 saturated heterocycles. The van der Waals surface area contributed by atoms with Crippen LogP contribution in [0.2, 0.25) is 0 Å². The minimum Gasteiger partial charge on any atom is -0.465 e. The molecule has 1 atom stereocenters. The molecular formula is C11H22N2O4S. The first-order valence-electron chi connectivity index (χ1n) is 6.25. The number of hydrogen-bond acceptors (Lipinski definition) is 5. The summed E-state index contributed by atoms with van der Waals surface area (Å²) in [5, 5.41) is 3.02. The predicted molar refractivity (Wildman–Crippen MR) is 68.6 cm³/mol. The van der Waals surface area contributed by atoms with Gasteiger partial charge in [-0.3, -0.25) is 4.79 Å². The fourth-order valence-electron chi connectivity index (χ4n) is 2.09. The third kappa shape index (κ3) is 5.32. The fourth-order valence-corrected chi connectivity index (χ4v) is 3.03. The normalized spacial score (nSPS) is 21.8. The van der Waals surface area contributed by atoms with E-state index < -0.39 is 10.0 Å². The van der Waals surface area contributed by atoms with E-state index in [0.717, 1.165) is 12.8 Å². The van der Waals surface area contributed by atoms with Crippen molar-refractivity contribution in [3.05, 3.63) is 0 Å². The second-order valence-electron chi connectivity index (χ2n) is 4.57. The van der Waals surface area contributed by atoms with Gasteiger partial charge >= 0.3 is 5.97 Å². The largest absolute Gasteiger partial charge is 0.465 e. The molecule has 0 amide bonds. The molecule has 1 N–H and O–H groups in total. The van der Waals surface area contributed by atoms with Gasteiger partial charge in [0, 0.05) is 13.1 Å². The number of piperidine rings is 1. The van der Waals surface area contributed by atoms with Crippen LogP contribution in [0.4, 0.5) is 0 Å². The maximum Gasteiger partial charge on any atom is 0.319 e. The molecule has 1 unspecified atom stereocenters. The monoisotopic (exact) mass is 278 g/mol. The molecule has 6 nitrogen and oxygen atoms in total. The van der Waals surface area contributed by atoms with Crippen LogP contribution in [0.15, 0.2) is 0 Å². The van der Waals surface area contributed by atoms with E-state index in [-0.39, 0.29) is 18.4 Å². The average Bonchev–Trinajstić information content (AvgIpc) is 2.29. The molecule has 0 saturated carbocycles. The summed E-state index contributed by atoms with van der Waals surface area (Å²) in [5.74, 6) is -0.00354. The highest BCUT2D eigenvalue weighted by Gasteiger charge is 2.25. The van der Waals surface area contributed by atoms with Crippen molar-refractivity contribution in [2.45, 2.75) is 19.8 Å². The molecule has 1 aliphatic heterocycles. The molecule has 0 spiro atoms. The van der Waals surface area contributed by atoms with Gasteiger partial charge in [0.2, 0.25) is 10.0 Å². The van der Waals surface area contributed by atoms with E-state index in [4.69, 9.17) is 4.74 Å². The number of nitrogens with zero attached hydrogens (tertiary/aromatic N) is 1. The van der Waals surface area contributed by atoms with Crippen LogP contribution in [0, 0.1) is 5.92 Å². The van der Waals surface area contributed by atoms with Gasteiger partial charge in [-0.25, -0.2) is 12.7 Å². The number of sulfonamides is 1. The summed E-state index contributed by atoms with van der Waals surface area (Å²) in [7, 11) is -3.09. The molecule has 106 valence electrons. The molecular weight excluding hydrogens is 256 g/mol. The lowest BCUT2D eigenvalue weighted by atomic mass is 10.00. The highest BCUT2D eigenvalue weighted by atomic mass is 32.2. The average molecular weight is 278 g/mol. The van der Waals surface area contributed by atoms with Gasteiger partial charge in [-0.05, 0) is 32.2 Å². The van der Waals surface area contributed by atoms with Gasteiger partial charge in [-0.15, -0.1) is 0 Å². The van der Waals surface area contributed by atoms with Crippen molar-refractivity contribution in [3.8, 4) is 0 Å². The van der Waals surface area contributed by atoms with Crippen LogP contribution in [0.3, 0.4) is 0 Å². The zero-order valence-electron chi connectivity index (χ0n) is 11.0. The van der Waals surface area contributed by atoms with Crippen molar-refractivity contribution < 1.29 is 17.9 Å². The summed E-state index contributed by atoms with van der Waals surface area (Å²) in [4.78, 5) is 11.1. The lowest BCUT2D eigenvalue weighted by molar-refractivity contribution is -0.142. The topological polar surface area (TPSA) is 75.7 Å². The van der Waals surface area contributed by atoms with Crippen LogP contribution in [0.5, 0.6) is 0 Å². The Hall–Kier alpha value is -0.660. The van der Waals surface area contributed by atoms with Gasteiger partial charge in [0.1, 0.15) is 0 Å². The molecule has 1 fully saturated rings. The Labute approximate surface area is 109 Å². The number of rotatable bonds is 6. The molecule has 18 heavy (non-hydrogen) atoms. The smallest absolute Gasteiger partial charge is 0.319 e. The Morgan fingerprint density at radius 1 is 1.50 bits per heavy atom. The van der Waals surface area contributed by atoms with Gasteiger partial charge in [0.15, 0.2) is 0 Å². The van der Waals surface area contributed by atoms with Gasteiger partial charge in [-0.2, -0.15) is 0 Å². The van der Waals surface area contributed by atoms with E-state index in [1.165, 1.54) is 10.6 Å². The summed E-state index contributed by atoms with van der Waals surface area (Å²) < 4.78 is 29.2. The van der Waals surface area contributed by atoms with Gasteiger partial charge in [-0.1, -0.05) is 0 Å². The molecule has 0 radical (unpaired) electrons. The van der Waals surface area contributed by atoms with Crippen LogP contribution in [0.25, 0.3) is 0 Å². The maximum atomic E-state index is 11.4. The highest BCUT2D eigenvalue weighted by molar-refractivity contribution is 7.88. The molecule has 0 aromatic heterocycles. The highest BCUT2D eigenvalue weighted by Crippen LogP contribution is 2.17. The second-order valence-corrected chi connectivity index (χ2v) is 6.55.